The molecule has 8 heteroatoms. The number of fused-ring (bicyclic) bond motifs is 1. The van der Waals surface area contributed by atoms with Gasteiger partial charge in [-0.25, -0.2) is 4.68 Å². The topological polar surface area (TPSA) is 95.6 Å². The highest BCUT2D eigenvalue weighted by Crippen LogP contribution is 2.26. The lowest BCUT2D eigenvalue weighted by Gasteiger charge is -2.08. The predicted molar refractivity (Wildman–Crippen MR) is 124 cm³/mol. The average molecular weight is 447 g/mol. The second kappa shape index (κ2) is 9.20. The van der Waals surface area contributed by atoms with E-state index < -0.39 is 18.5 Å². The van der Waals surface area contributed by atoms with Gasteiger partial charge in [0.25, 0.3) is 5.91 Å². The molecule has 1 N–H and O–H groups in total. The smallest absolute Gasteiger partial charge is 0.310 e. The lowest BCUT2D eigenvalue weighted by atomic mass is 10.1. The number of amides is 1. The second-order valence-corrected chi connectivity index (χ2v) is 7.80. The molecule has 2 aromatic carbocycles. The van der Waals surface area contributed by atoms with E-state index in [0.29, 0.717) is 28.3 Å². The summed E-state index contributed by atoms with van der Waals surface area (Å²) in [6, 6.07) is 13.3. The number of anilines is 1. The summed E-state index contributed by atoms with van der Waals surface area (Å²) in [6.45, 7) is 5.32. The van der Waals surface area contributed by atoms with Crippen LogP contribution in [0.1, 0.15) is 22.5 Å². The number of hydrogen-bond donors (Lipinski definition) is 1. The summed E-state index contributed by atoms with van der Waals surface area (Å²) in [7, 11) is 1.57. The van der Waals surface area contributed by atoms with E-state index in [2.05, 4.69) is 10.4 Å². The summed E-state index contributed by atoms with van der Waals surface area (Å²) >= 11 is 0. The van der Waals surface area contributed by atoms with E-state index >= 15 is 0 Å². The highest BCUT2D eigenvalue weighted by Gasteiger charge is 2.17. The lowest BCUT2D eigenvalue weighted by Crippen LogP contribution is -2.22. The van der Waals surface area contributed by atoms with Gasteiger partial charge >= 0.3 is 5.97 Å². The fraction of sp³-hybridized carbons (Fsp3) is 0.240. The Morgan fingerprint density at radius 2 is 1.85 bits per heavy atom. The van der Waals surface area contributed by atoms with Gasteiger partial charge in [-0.3, -0.25) is 9.59 Å². The second-order valence-electron chi connectivity index (χ2n) is 7.80. The number of nitrogens with one attached hydrogen (secondary N) is 1. The maximum atomic E-state index is 12.4. The van der Waals surface area contributed by atoms with Gasteiger partial charge in [-0.1, -0.05) is 17.7 Å². The molecule has 0 aliphatic heterocycles. The van der Waals surface area contributed by atoms with E-state index in [9.17, 15) is 9.59 Å². The first-order chi connectivity index (χ1) is 15.9. The van der Waals surface area contributed by atoms with Crippen molar-refractivity contribution in [2.75, 3.05) is 19.0 Å². The summed E-state index contributed by atoms with van der Waals surface area (Å²) in [5.41, 5.74) is 5.42. The Labute approximate surface area is 191 Å². The van der Waals surface area contributed by atoms with Crippen LogP contribution in [0.4, 0.5) is 5.69 Å². The van der Waals surface area contributed by atoms with Crippen LogP contribution in [0.25, 0.3) is 16.7 Å². The summed E-state index contributed by atoms with van der Waals surface area (Å²) in [4.78, 5) is 24.7. The van der Waals surface area contributed by atoms with Gasteiger partial charge in [0.1, 0.15) is 11.3 Å². The van der Waals surface area contributed by atoms with E-state index in [4.69, 9.17) is 13.9 Å². The van der Waals surface area contributed by atoms with Gasteiger partial charge < -0.3 is 19.2 Å². The normalized spacial score (nSPS) is 10.9. The van der Waals surface area contributed by atoms with Gasteiger partial charge in [-0.05, 0) is 45.0 Å². The maximum absolute atomic E-state index is 12.4. The molecule has 170 valence electrons. The van der Waals surface area contributed by atoms with Crippen LogP contribution < -0.4 is 10.1 Å². The van der Waals surface area contributed by atoms with Crippen LogP contribution in [0.15, 0.2) is 53.1 Å². The van der Waals surface area contributed by atoms with Gasteiger partial charge in [0, 0.05) is 17.0 Å². The minimum absolute atomic E-state index is 0.00395. The minimum Gasteiger partial charge on any atom is -0.497 e. The predicted octanol–water partition coefficient (Wildman–Crippen LogP) is 4.28. The molecule has 0 aliphatic rings. The molecule has 33 heavy (non-hydrogen) atoms. The number of ether oxygens (including phenoxy) is 2. The third-order valence-electron chi connectivity index (χ3n) is 5.40. The molecular formula is C25H25N3O5. The summed E-state index contributed by atoms with van der Waals surface area (Å²) < 4.78 is 17.6. The Kier molecular flexibility index (Phi) is 6.17. The molecule has 0 radical (unpaired) electrons. The zero-order valence-corrected chi connectivity index (χ0v) is 19.0. The van der Waals surface area contributed by atoms with E-state index in [0.717, 1.165) is 22.3 Å². The van der Waals surface area contributed by atoms with Crippen molar-refractivity contribution in [1.29, 1.82) is 0 Å². The number of esters is 1. The van der Waals surface area contributed by atoms with Crippen LogP contribution in [0.2, 0.25) is 0 Å². The van der Waals surface area contributed by atoms with Crippen molar-refractivity contribution >= 4 is 28.5 Å². The molecular weight excluding hydrogens is 422 g/mol. The molecule has 0 aliphatic carbocycles. The Hall–Kier alpha value is -4.07. The van der Waals surface area contributed by atoms with Crippen molar-refractivity contribution in [1.82, 2.24) is 9.78 Å². The third kappa shape index (κ3) is 4.74. The molecule has 0 unspecified atom stereocenters. The van der Waals surface area contributed by atoms with Gasteiger partial charge in [0.2, 0.25) is 0 Å². The Bertz CT molecular complexity index is 1320. The standard InChI is InChI=1S/C25H25N3O5/c1-15-5-7-19(8-6-15)28-17(3)25(16(2)27-28)26-23(29)14-33-24(30)11-18-13-32-22-12-20(31-4)9-10-21(18)22/h5-10,12-13H,11,14H2,1-4H3,(H,26,29). The number of nitrogens with zero attached hydrogens (tertiary/aromatic N) is 2. The van der Waals surface area contributed by atoms with Gasteiger partial charge in [0.05, 0.1) is 42.6 Å². The fourth-order valence-corrected chi connectivity index (χ4v) is 3.62. The molecule has 1 amide bonds. The summed E-state index contributed by atoms with van der Waals surface area (Å²) in [5, 5.41) is 8.13. The number of methoxy groups -OCH3 is 1. The highest BCUT2D eigenvalue weighted by molar-refractivity contribution is 5.94. The van der Waals surface area contributed by atoms with Crippen molar-refractivity contribution in [2.24, 2.45) is 0 Å². The first-order valence-electron chi connectivity index (χ1n) is 10.5. The van der Waals surface area contributed by atoms with Crippen molar-refractivity contribution in [2.45, 2.75) is 27.2 Å². The minimum atomic E-state index is -0.521. The molecule has 2 aromatic heterocycles. The summed E-state index contributed by atoms with van der Waals surface area (Å²) in [6.07, 6.45) is 1.51. The SMILES string of the molecule is COc1ccc2c(CC(=O)OCC(=O)Nc3c(C)nn(-c4ccc(C)cc4)c3C)coc2c1. The van der Waals surface area contributed by atoms with Crippen LogP contribution in [0.5, 0.6) is 5.75 Å². The number of aromatic nitrogens is 2. The molecule has 4 rings (SSSR count). The van der Waals surface area contributed by atoms with Crippen molar-refractivity contribution in [3.8, 4) is 11.4 Å². The first kappa shape index (κ1) is 22.1. The van der Waals surface area contributed by atoms with Gasteiger partial charge in [-0.2, -0.15) is 5.10 Å². The van der Waals surface area contributed by atoms with Crippen LogP contribution in [-0.4, -0.2) is 35.4 Å². The van der Waals surface area contributed by atoms with E-state index in [1.54, 1.807) is 23.9 Å². The van der Waals surface area contributed by atoms with E-state index in [1.807, 2.05) is 51.1 Å². The Morgan fingerprint density at radius 3 is 2.58 bits per heavy atom. The van der Waals surface area contributed by atoms with Gasteiger partial charge in [0.15, 0.2) is 6.61 Å². The largest absolute Gasteiger partial charge is 0.497 e. The van der Waals surface area contributed by atoms with Crippen LogP contribution in [0.3, 0.4) is 0 Å². The molecule has 0 spiro atoms. The Balaban J connectivity index is 1.37. The van der Waals surface area contributed by atoms with Crippen LogP contribution in [0, 0.1) is 20.8 Å². The fourth-order valence-electron chi connectivity index (χ4n) is 3.62. The van der Waals surface area contributed by atoms with E-state index in [1.165, 1.54) is 6.26 Å². The van der Waals surface area contributed by atoms with Crippen molar-refractivity contribution < 1.29 is 23.5 Å². The number of benzene rings is 2. The van der Waals surface area contributed by atoms with Crippen molar-refractivity contribution in [3.05, 3.63) is 71.2 Å². The average Bonchev–Trinajstić information content (AvgIpc) is 3.33. The quantitative estimate of drug-likeness (QED) is 0.425. The van der Waals surface area contributed by atoms with Gasteiger partial charge in [-0.15, -0.1) is 0 Å². The molecule has 0 saturated carbocycles. The number of carbonyl (C=O) groups is 2. The number of carbonyl (C=O) groups excluding carboxylic acids is 2. The lowest BCUT2D eigenvalue weighted by molar-refractivity contribution is -0.146. The number of hydrogen-bond acceptors (Lipinski definition) is 6. The molecule has 0 fully saturated rings. The zero-order chi connectivity index (χ0) is 23.5. The monoisotopic (exact) mass is 447 g/mol. The van der Waals surface area contributed by atoms with Crippen molar-refractivity contribution in [3.63, 3.8) is 0 Å². The number of aryl methyl sites for hydroxylation is 2. The molecule has 0 saturated heterocycles. The summed E-state index contributed by atoms with van der Waals surface area (Å²) in [5.74, 6) is -0.286. The Morgan fingerprint density at radius 1 is 1.09 bits per heavy atom. The van der Waals surface area contributed by atoms with E-state index in [-0.39, 0.29) is 6.42 Å². The zero-order valence-electron chi connectivity index (χ0n) is 19.0. The molecule has 8 nitrogen and oxygen atoms in total. The molecule has 0 bridgehead atoms. The highest BCUT2D eigenvalue weighted by atomic mass is 16.5. The number of rotatable bonds is 7. The first-order valence-corrected chi connectivity index (χ1v) is 10.5. The molecule has 0 atom stereocenters. The maximum Gasteiger partial charge on any atom is 0.310 e. The molecule has 4 aromatic rings. The van der Waals surface area contributed by atoms with Crippen LogP contribution >= 0.6 is 0 Å². The van der Waals surface area contributed by atoms with Crippen LogP contribution in [-0.2, 0) is 20.7 Å². The third-order valence-corrected chi connectivity index (χ3v) is 5.40. The molecule has 2 heterocycles. The number of furan rings is 1.